The first kappa shape index (κ1) is 13.0. The van der Waals surface area contributed by atoms with Gasteiger partial charge in [-0.2, -0.15) is 4.98 Å². The van der Waals surface area contributed by atoms with Crippen molar-refractivity contribution >= 4 is 22.8 Å². The highest BCUT2D eigenvalue weighted by Crippen LogP contribution is 2.29. The van der Waals surface area contributed by atoms with Crippen molar-refractivity contribution < 1.29 is 9.21 Å². The second-order valence-corrected chi connectivity index (χ2v) is 5.54. The van der Waals surface area contributed by atoms with Crippen LogP contribution < -0.4 is 5.32 Å². The minimum absolute atomic E-state index is 0.0997. The smallest absolute Gasteiger partial charge is 0.228 e. The number of hydrogen-bond donors (Lipinski definition) is 1. The normalized spacial score (nSPS) is 14.7. The van der Waals surface area contributed by atoms with E-state index in [1.807, 2.05) is 36.4 Å². The quantitative estimate of drug-likeness (QED) is 0.800. The molecule has 1 aliphatic rings. The fourth-order valence-corrected chi connectivity index (χ4v) is 2.54. The van der Waals surface area contributed by atoms with Crippen LogP contribution in [0.3, 0.4) is 0 Å². The summed E-state index contributed by atoms with van der Waals surface area (Å²) in [6.45, 7) is 0. The lowest BCUT2D eigenvalue weighted by Crippen LogP contribution is -2.27. The highest BCUT2D eigenvalue weighted by molar-refractivity contribution is 5.93. The Hall–Kier alpha value is -2.69. The van der Waals surface area contributed by atoms with Crippen molar-refractivity contribution in [2.24, 2.45) is 5.92 Å². The summed E-state index contributed by atoms with van der Waals surface area (Å²) in [6.07, 6.45) is 4.81. The maximum atomic E-state index is 12.0. The van der Waals surface area contributed by atoms with Crippen LogP contribution in [0.2, 0.25) is 0 Å². The van der Waals surface area contributed by atoms with Crippen LogP contribution in [0.25, 0.3) is 22.7 Å². The Balaban J connectivity index is 1.61. The summed E-state index contributed by atoms with van der Waals surface area (Å²) < 4.78 is 5.71. The van der Waals surface area contributed by atoms with Crippen LogP contribution in [0.5, 0.6) is 0 Å². The summed E-state index contributed by atoms with van der Waals surface area (Å²) in [5, 5.41) is 2.96. The first-order valence-corrected chi connectivity index (χ1v) is 7.42. The Morgan fingerprint density at radius 3 is 2.91 bits per heavy atom. The van der Waals surface area contributed by atoms with Gasteiger partial charge in [0.25, 0.3) is 0 Å². The largest absolute Gasteiger partial charge is 0.434 e. The van der Waals surface area contributed by atoms with E-state index in [9.17, 15) is 4.79 Å². The zero-order valence-corrected chi connectivity index (χ0v) is 12.0. The molecule has 0 spiro atoms. The number of pyridine rings is 1. The van der Waals surface area contributed by atoms with Gasteiger partial charge in [-0.1, -0.05) is 12.5 Å². The SMILES string of the molecule is O=C(Nc1cccc(-c2nc3ncccc3o2)c1)C1CCC1. The number of aromatic nitrogens is 2. The molecule has 1 amide bonds. The van der Waals surface area contributed by atoms with Gasteiger partial charge in [0, 0.05) is 23.4 Å². The number of amides is 1. The molecule has 1 saturated carbocycles. The number of carbonyl (C=O) groups is 1. The topological polar surface area (TPSA) is 68.0 Å². The molecule has 2 aromatic heterocycles. The highest BCUT2D eigenvalue weighted by Gasteiger charge is 2.25. The minimum Gasteiger partial charge on any atom is -0.434 e. The van der Waals surface area contributed by atoms with Crippen LogP contribution in [0.1, 0.15) is 19.3 Å². The molecule has 4 rings (SSSR count). The van der Waals surface area contributed by atoms with E-state index in [0.29, 0.717) is 17.1 Å². The molecular weight excluding hydrogens is 278 g/mol. The minimum atomic E-state index is 0.0997. The zero-order valence-electron chi connectivity index (χ0n) is 12.0. The van der Waals surface area contributed by atoms with Gasteiger partial charge in [0.1, 0.15) is 0 Å². The lowest BCUT2D eigenvalue weighted by molar-refractivity contribution is -0.122. The number of fused-ring (bicyclic) bond motifs is 1. The van der Waals surface area contributed by atoms with Gasteiger partial charge in [0.05, 0.1) is 0 Å². The van der Waals surface area contributed by atoms with Crippen molar-refractivity contribution in [2.75, 3.05) is 5.32 Å². The molecule has 1 aliphatic carbocycles. The van der Waals surface area contributed by atoms with Crippen LogP contribution in [-0.4, -0.2) is 15.9 Å². The monoisotopic (exact) mass is 293 g/mol. The van der Waals surface area contributed by atoms with E-state index in [-0.39, 0.29) is 11.8 Å². The number of benzene rings is 1. The first-order valence-electron chi connectivity index (χ1n) is 7.42. The number of carbonyl (C=O) groups excluding carboxylic acids is 1. The lowest BCUT2D eigenvalue weighted by Gasteiger charge is -2.24. The zero-order chi connectivity index (χ0) is 14.9. The molecule has 2 heterocycles. The number of anilines is 1. The lowest BCUT2D eigenvalue weighted by atomic mass is 9.85. The summed E-state index contributed by atoms with van der Waals surface area (Å²) in [6, 6.07) is 11.2. The standard InChI is InChI=1S/C17H15N3O2/c21-16(11-4-1-5-11)19-13-7-2-6-12(10-13)17-20-15-14(22-17)8-3-9-18-15/h2-3,6-11H,1,4-5H2,(H,19,21). The molecule has 0 aliphatic heterocycles. The first-order chi connectivity index (χ1) is 10.8. The van der Waals surface area contributed by atoms with Crippen molar-refractivity contribution in [1.82, 2.24) is 9.97 Å². The van der Waals surface area contributed by atoms with Crippen molar-refractivity contribution in [2.45, 2.75) is 19.3 Å². The van der Waals surface area contributed by atoms with Gasteiger partial charge in [-0.05, 0) is 43.2 Å². The highest BCUT2D eigenvalue weighted by atomic mass is 16.3. The van der Waals surface area contributed by atoms with E-state index < -0.39 is 0 Å². The molecule has 0 unspecified atom stereocenters. The van der Waals surface area contributed by atoms with Crippen LogP contribution in [0.4, 0.5) is 5.69 Å². The van der Waals surface area contributed by atoms with Gasteiger partial charge in [0.2, 0.25) is 11.8 Å². The summed E-state index contributed by atoms with van der Waals surface area (Å²) in [4.78, 5) is 20.6. The van der Waals surface area contributed by atoms with Crippen molar-refractivity contribution in [1.29, 1.82) is 0 Å². The van der Waals surface area contributed by atoms with Crippen molar-refractivity contribution in [3.63, 3.8) is 0 Å². The third kappa shape index (κ3) is 2.35. The molecule has 3 aromatic rings. The summed E-state index contributed by atoms with van der Waals surface area (Å²) in [5.41, 5.74) is 2.83. The molecule has 0 saturated heterocycles. The molecule has 5 heteroatoms. The predicted molar refractivity (Wildman–Crippen MR) is 83.2 cm³/mol. The molecule has 1 aromatic carbocycles. The molecule has 5 nitrogen and oxygen atoms in total. The Morgan fingerprint density at radius 2 is 2.14 bits per heavy atom. The molecule has 1 fully saturated rings. The van der Waals surface area contributed by atoms with Crippen LogP contribution in [0.15, 0.2) is 47.0 Å². The maximum Gasteiger partial charge on any atom is 0.228 e. The summed E-state index contributed by atoms with van der Waals surface area (Å²) in [5.74, 6) is 0.772. The number of hydrogen-bond acceptors (Lipinski definition) is 4. The second-order valence-electron chi connectivity index (χ2n) is 5.54. The van der Waals surface area contributed by atoms with E-state index in [1.54, 1.807) is 6.20 Å². The van der Waals surface area contributed by atoms with E-state index in [1.165, 1.54) is 0 Å². The maximum absolute atomic E-state index is 12.0. The number of nitrogens with one attached hydrogen (secondary N) is 1. The molecular formula is C17H15N3O2. The van der Waals surface area contributed by atoms with Crippen molar-refractivity contribution in [3.8, 4) is 11.5 Å². The van der Waals surface area contributed by atoms with Gasteiger partial charge in [0.15, 0.2) is 11.2 Å². The molecule has 0 bridgehead atoms. The molecule has 110 valence electrons. The Morgan fingerprint density at radius 1 is 1.23 bits per heavy atom. The van der Waals surface area contributed by atoms with E-state index in [4.69, 9.17) is 4.42 Å². The average Bonchev–Trinajstić information content (AvgIpc) is 2.89. The Kier molecular flexibility index (Phi) is 3.11. The van der Waals surface area contributed by atoms with Crippen LogP contribution >= 0.6 is 0 Å². The van der Waals surface area contributed by atoms with Gasteiger partial charge >= 0.3 is 0 Å². The van der Waals surface area contributed by atoms with Gasteiger partial charge in [-0.15, -0.1) is 0 Å². The fraction of sp³-hybridized carbons (Fsp3) is 0.235. The third-order valence-corrected chi connectivity index (χ3v) is 4.02. The van der Waals surface area contributed by atoms with E-state index in [2.05, 4.69) is 15.3 Å². The summed E-state index contributed by atoms with van der Waals surface area (Å²) in [7, 11) is 0. The third-order valence-electron chi connectivity index (χ3n) is 4.02. The van der Waals surface area contributed by atoms with E-state index in [0.717, 1.165) is 30.5 Å². The molecule has 22 heavy (non-hydrogen) atoms. The number of nitrogens with zero attached hydrogens (tertiary/aromatic N) is 2. The van der Waals surface area contributed by atoms with E-state index >= 15 is 0 Å². The summed E-state index contributed by atoms with van der Waals surface area (Å²) >= 11 is 0. The average molecular weight is 293 g/mol. The number of rotatable bonds is 3. The van der Waals surface area contributed by atoms with Gasteiger partial charge in [-0.3, -0.25) is 4.79 Å². The fourth-order valence-electron chi connectivity index (χ4n) is 2.54. The van der Waals surface area contributed by atoms with Crippen molar-refractivity contribution in [3.05, 3.63) is 42.6 Å². The van der Waals surface area contributed by atoms with Gasteiger partial charge < -0.3 is 9.73 Å². The number of oxazole rings is 1. The molecule has 0 atom stereocenters. The Bertz CT molecular complexity index is 804. The molecule has 1 N–H and O–H groups in total. The Labute approximate surface area is 127 Å². The van der Waals surface area contributed by atoms with Crippen LogP contribution in [0, 0.1) is 5.92 Å². The van der Waals surface area contributed by atoms with Gasteiger partial charge in [-0.25, -0.2) is 4.98 Å². The predicted octanol–water partition coefficient (Wildman–Crippen LogP) is 3.63. The molecule has 0 radical (unpaired) electrons. The van der Waals surface area contributed by atoms with Crippen LogP contribution in [-0.2, 0) is 4.79 Å². The second kappa shape index (κ2) is 5.26.